The molecule has 0 unspecified atom stereocenters. The van der Waals surface area contributed by atoms with E-state index in [1.807, 2.05) is 24.3 Å². The molecule has 0 fully saturated rings. The molecule has 0 N–H and O–H groups in total. The van der Waals surface area contributed by atoms with Crippen molar-refractivity contribution in [3.05, 3.63) is 176 Å². The van der Waals surface area contributed by atoms with Crippen LogP contribution in [0.25, 0.3) is 86.3 Å². The zero-order valence-electron chi connectivity index (χ0n) is 26.5. The molecule has 2 heterocycles. The van der Waals surface area contributed by atoms with E-state index in [0.717, 1.165) is 39.2 Å². The number of aromatic nitrogens is 3. The van der Waals surface area contributed by atoms with Gasteiger partial charge in [-0.3, -0.25) is 0 Å². The summed E-state index contributed by atoms with van der Waals surface area (Å²) < 4.78 is 2.80. The van der Waals surface area contributed by atoms with Crippen molar-refractivity contribution in [3.63, 3.8) is 0 Å². The van der Waals surface area contributed by atoms with Gasteiger partial charge in [0.1, 0.15) is 0 Å². The summed E-state index contributed by atoms with van der Waals surface area (Å²) >= 11 is 0.167. The van der Waals surface area contributed by atoms with E-state index >= 15 is 0 Å². The summed E-state index contributed by atoms with van der Waals surface area (Å²) in [5.41, 5.74) is 12.9. The predicted molar refractivity (Wildman–Crippen MR) is 204 cm³/mol. The molecule has 9 rings (SSSR count). The molecule has 0 spiro atoms. The van der Waals surface area contributed by atoms with Gasteiger partial charge in [-0.2, -0.15) is 0 Å². The summed E-state index contributed by atoms with van der Waals surface area (Å²) in [6, 6.07) is 62.5. The minimum atomic E-state index is 0.167. The summed E-state index contributed by atoms with van der Waals surface area (Å²) in [7, 11) is 0. The molecule has 0 radical (unpaired) electrons. The average molecular weight is 691 g/mol. The van der Waals surface area contributed by atoms with Gasteiger partial charge in [0.25, 0.3) is 0 Å². The van der Waals surface area contributed by atoms with Gasteiger partial charge in [0.05, 0.1) is 0 Å². The number of fused-ring (bicyclic) bond motifs is 3. The summed E-state index contributed by atoms with van der Waals surface area (Å²) in [6.07, 6.45) is 0. The van der Waals surface area contributed by atoms with Crippen molar-refractivity contribution in [2.24, 2.45) is 0 Å². The molecule has 7 aromatic carbocycles. The van der Waals surface area contributed by atoms with E-state index in [-0.39, 0.29) is 14.5 Å². The van der Waals surface area contributed by atoms with Gasteiger partial charge in [0.2, 0.25) is 0 Å². The van der Waals surface area contributed by atoms with E-state index in [2.05, 4.69) is 162 Å². The Morgan fingerprint density at radius 1 is 0.347 bits per heavy atom. The Kier molecular flexibility index (Phi) is 7.51. The normalized spacial score (nSPS) is 11.3. The standard InChI is InChI=1S/C45H29N3Se/c1-5-17-30(18-6-1)37-29-39-42(36-27-15-16-28-38(36)49-39)43(40(37)31-19-7-2-8-20-31)34-25-13-14-26-35(34)45-41(32-21-9-3-10-22-32)44(46-48-47-45)33-23-11-4-12-24-33/h1-29H. The van der Waals surface area contributed by atoms with E-state index in [4.69, 9.17) is 5.10 Å². The molecule has 0 aliphatic rings. The van der Waals surface area contributed by atoms with Gasteiger partial charge in [-0.1, -0.05) is 0 Å². The van der Waals surface area contributed by atoms with Crippen molar-refractivity contribution >= 4 is 33.8 Å². The molecule has 0 amide bonds. The van der Waals surface area contributed by atoms with Crippen LogP contribution in [0.1, 0.15) is 0 Å². The van der Waals surface area contributed by atoms with Gasteiger partial charge < -0.3 is 0 Å². The molecule has 0 aliphatic carbocycles. The van der Waals surface area contributed by atoms with Crippen molar-refractivity contribution in [1.82, 2.24) is 15.4 Å². The number of hydrogen-bond donors (Lipinski definition) is 0. The van der Waals surface area contributed by atoms with Gasteiger partial charge in [-0.25, -0.2) is 0 Å². The van der Waals surface area contributed by atoms with Crippen LogP contribution in [0.3, 0.4) is 0 Å². The van der Waals surface area contributed by atoms with Crippen molar-refractivity contribution < 1.29 is 0 Å². The van der Waals surface area contributed by atoms with Crippen molar-refractivity contribution in [2.75, 3.05) is 0 Å². The van der Waals surface area contributed by atoms with E-state index in [0.29, 0.717) is 0 Å². The monoisotopic (exact) mass is 691 g/mol. The quantitative estimate of drug-likeness (QED) is 0.163. The maximum absolute atomic E-state index is 4.86. The van der Waals surface area contributed by atoms with Crippen LogP contribution in [0.5, 0.6) is 0 Å². The third kappa shape index (κ3) is 5.19. The first-order valence-corrected chi connectivity index (χ1v) is 18.1. The topological polar surface area (TPSA) is 38.7 Å². The van der Waals surface area contributed by atoms with Crippen LogP contribution in [0.4, 0.5) is 0 Å². The number of hydrogen-bond acceptors (Lipinski definition) is 3. The van der Waals surface area contributed by atoms with Crippen molar-refractivity contribution in [1.29, 1.82) is 0 Å². The van der Waals surface area contributed by atoms with Gasteiger partial charge in [-0.05, 0) is 0 Å². The fourth-order valence-electron chi connectivity index (χ4n) is 7.00. The summed E-state index contributed by atoms with van der Waals surface area (Å²) in [6.45, 7) is 0. The second kappa shape index (κ2) is 12.6. The van der Waals surface area contributed by atoms with Crippen LogP contribution in [-0.2, 0) is 0 Å². The van der Waals surface area contributed by atoms with Crippen LogP contribution >= 0.6 is 0 Å². The van der Waals surface area contributed by atoms with Gasteiger partial charge >= 0.3 is 292 Å². The Balaban J connectivity index is 1.44. The molecule has 9 aromatic rings. The molecular formula is C45H29N3Se. The molecule has 4 heteroatoms. The fourth-order valence-corrected chi connectivity index (χ4v) is 9.42. The SMILES string of the molecule is c1ccc(-c2cc3[se]c4ccccc4c3c(-c3ccccc3-c3nnnc(-c4ccccc4)c3-c3ccccc3)c2-c2ccccc2)cc1. The molecule has 3 nitrogen and oxygen atoms in total. The fraction of sp³-hybridized carbons (Fsp3) is 0. The van der Waals surface area contributed by atoms with Crippen LogP contribution < -0.4 is 0 Å². The number of rotatable bonds is 6. The molecule has 0 atom stereocenters. The Morgan fingerprint density at radius 2 is 0.857 bits per heavy atom. The van der Waals surface area contributed by atoms with Crippen LogP contribution in [0.2, 0.25) is 0 Å². The van der Waals surface area contributed by atoms with Gasteiger partial charge in [0, 0.05) is 0 Å². The molecular weight excluding hydrogens is 661 g/mol. The molecule has 2 aromatic heterocycles. The first kappa shape index (κ1) is 29.2. The summed E-state index contributed by atoms with van der Waals surface area (Å²) in [4.78, 5) is 0. The van der Waals surface area contributed by atoms with E-state index in [9.17, 15) is 0 Å². The number of nitrogens with zero attached hydrogens (tertiary/aromatic N) is 3. The van der Waals surface area contributed by atoms with Crippen LogP contribution in [0, 0.1) is 0 Å². The summed E-state index contributed by atoms with van der Waals surface area (Å²) in [5, 5.41) is 16.6. The Bertz CT molecular complexity index is 2580. The zero-order valence-corrected chi connectivity index (χ0v) is 28.2. The molecule has 230 valence electrons. The van der Waals surface area contributed by atoms with E-state index in [1.165, 1.54) is 47.1 Å². The Hall–Kier alpha value is -5.93. The first-order chi connectivity index (χ1) is 24.3. The number of benzene rings is 7. The second-order valence-corrected chi connectivity index (χ2v) is 14.3. The van der Waals surface area contributed by atoms with Crippen molar-refractivity contribution in [3.8, 4) is 67.0 Å². The molecule has 0 saturated carbocycles. The third-order valence-corrected chi connectivity index (χ3v) is 11.5. The van der Waals surface area contributed by atoms with Gasteiger partial charge in [0.15, 0.2) is 0 Å². The van der Waals surface area contributed by atoms with E-state index < -0.39 is 0 Å². The molecule has 0 bridgehead atoms. The molecule has 49 heavy (non-hydrogen) atoms. The average Bonchev–Trinajstić information content (AvgIpc) is 3.57. The maximum atomic E-state index is 4.86. The van der Waals surface area contributed by atoms with E-state index in [1.54, 1.807) is 0 Å². The van der Waals surface area contributed by atoms with Gasteiger partial charge in [-0.15, -0.1) is 0 Å². The first-order valence-electron chi connectivity index (χ1n) is 16.4. The van der Waals surface area contributed by atoms with Crippen LogP contribution in [0.15, 0.2) is 176 Å². The van der Waals surface area contributed by atoms with Crippen LogP contribution in [-0.4, -0.2) is 29.9 Å². The molecule has 0 aliphatic heterocycles. The predicted octanol–water partition coefficient (Wildman–Crippen LogP) is 11.2. The minimum absolute atomic E-state index is 0.167. The Labute approximate surface area is 290 Å². The third-order valence-electron chi connectivity index (χ3n) is 9.14. The van der Waals surface area contributed by atoms with Crippen molar-refractivity contribution in [2.45, 2.75) is 0 Å². The Morgan fingerprint density at radius 3 is 1.53 bits per heavy atom. The second-order valence-electron chi connectivity index (χ2n) is 12.0. The zero-order chi connectivity index (χ0) is 32.6. The summed E-state index contributed by atoms with van der Waals surface area (Å²) in [5.74, 6) is 0. The molecule has 0 saturated heterocycles.